The summed E-state index contributed by atoms with van der Waals surface area (Å²) in [7, 11) is 0. The van der Waals surface area contributed by atoms with Crippen LogP contribution in [0.15, 0.2) is 23.1 Å². The molecule has 2 unspecified atom stereocenters. The lowest BCUT2D eigenvalue weighted by molar-refractivity contribution is 0.570. The molecule has 0 aliphatic carbocycles. The highest BCUT2D eigenvalue weighted by atomic mass is 35.5. The fourth-order valence-corrected chi connectivity index (χ4v) is 3.20. The Bertz CT molecular complexity index is 392. The zero-order valence-electron chi connectivity index (χ0n) is 12.7. The smallest absolute Gasteiger partial charge is 0.0464 e. The minimum atomic E-state index is 0.314. The van der Waals surface area contributed by atoms with Gasteiger partial charge in [0.1, 0.15) is 0 Å². The predicted molar refractivity (Wildman–Crippen MR) is 88.3 cm³/mol. The molecule has 0 spiro atoms. The van der Waals surface area contributed by atoms with Gasteiger partial charge in [0.2, 0.25) is 0 Å². The molecule has 0 radical (unpaired) electrons. The van der Waals surface area contributed by atoms with Crippen molar-refractivity contribution < 1.29 is 0 Å². The Kier molecular flexibility index (Phi) is 7.27. The van der Waals surface area contributed by atoms with Gasteiger partial charge in [-0.15, -0.1) is 11.8 Å². The van der Waals surface area contributed by atoms with E-state index in [1.807, 2.05) is 11.8 Å². The van der Waals surface area contributed by atoms with Gasteiger partial charge in [-0.05, 0) is 43.5 Å². The third kappa shape index (κ3) is 5.37. The van der Waals surface area contributed by atoms with E-state index in [0.717, 1.165) is 18.0 Å². The summed E-state index contributed by atoms with van der Waals surface area (Å²) in [6.45, 7) is 12.1. The van der Waals surface area contributed by atoms with Gasteiger partial charge >= 0.3 is 0 Å². The molecule has 1 aromatic carbocycles. The predicted octanol–water partition coefficient (Wildman–Crippen LogP) is 5.54. The fourth-order valence-electron chi connectivity index (χ4n) is 1.75. The van der Waals surface area contributed by atoms with Gasteiger partial charge in [0.25, 0.3) is 0 Å². The van der Waals surface area contributed by atoms with Crippen molar-refractivity contribution in [3.8, 4) is 0 Å². The molecular formula is C16H26ClNS. The molecule has 1 nitrogen and oxygen atoms in total. The van der Waals surface area contributed by atoms with Crippen LogP contribution < -0.4 is 5.32 Å². The highest BCUT2D eigenvalue weighted by Crippen LogP contribution is 2.32. The van der Waals surface area contributed by atoms with Gasteiger partial charge in [-0.25, -0.2) is 0 Å². The largest absolute Gasteiger partial charge is 0.310 e. The average molecular weight is 300 g/mol. The van der Waals surface area contributed by atoms with Crippen LogP contribution >= 0.6 is 23.4 Å². The molecule has 1 N–H and O–H groups in total. The molecule has 0 aliphatic heterocycles. The standard InChI is InChI=1S/C16H26ClNS/c1-6-9-18-12(4)15-8-7-14(10-16(15)17)19-13(5)11(2)3/h7-8,10-13,18H,6,9H2,1-5H3. The van der Waals surface area contributed by atoms with Crippen LogP contribution in [0.2, 0.25) is 5.02 Å². The van der Waals surface area contributed by atoms with E-state index in [-0.39, 0.29) is 0 Å². The highest BCUT2D eigenvalue weighted by molar-refractivity contribution is 8.00. The Morgan fingerprint density at radius 1 is 1.21 bits per heavy atom. The van der Waals surface area contributed by atoms with Crippen molar-refractivity contribution >= 4 is 23.4 Å². The second-order valence-electron chi connectivity index (χ2n) is 5.43. The SMILES string of the molecule is CCCNC(C)c1ccc(SC(C)C(C)C)cc1Cl. The molecule has 0 saturated heterocycles. The third-order valence-electron chi connectivity index (χ3n) is 3.40. The maximum atomic E-state index is 6.41. The van der Waals surface area contributed by atoms with Gasteiger partial charge < -0.3 is 5.32 Å². The van der Waals surface area contributed by atoms with Gasteiger partial charge in [0.05, 0.1) is 0 Å². The molecule has 0 aromatic heterocycles. The Morgan fingerprint density at radius 3 is 2.42 bits per heavy atom. The molecular weight excluding hydrogens is 274 g/mol. The lowest BCUT2D eigenvalue weighted by Gasteiger charge is -2.18. The van der Waals surface area contributed by atoms with E-state index in [0.29, 0.717) is 17.2 Å². The topological polar surface area (TPSA) is 12.0 Å². The molecule has 19 heavy (non-hydrogen) atoms. The molecule has 1 rings (SSSR count). The summed E-state index contributed by atoms with van der Waals surface area (Å²) >= 11 is 8.31. The third-order valence-corrected chi connectivity index (χ3v) is 5.17. The first-order chi connectivity index (χ1) is 8.95. The Labute approximate surface area is 127 Å². The van der Waals surface area contributed by atoms with Crippen molar-refractivity contribution in [1.82, 2.24) is 5.32 Å². The zero-order chi connectivity index (χ0) is 14.4. The van der Waals surface area contributed by atoms with Crippen molar-refractivity contribution in [2.24, 2.45) is 5.92 Å². The van der Waals surface area contributed by atoms with E-state index in [2.05, 4.69) is 58.1 Å². The van der Waals surface area contributed by atoms with Gasteiger partial charge in [-0.3, -0.25) is 0 Å². The average Bonchev–Trinajstić information content (AvgIpc) is 2.35. The molecule has 0 amide bonds. The molecule has 2 atom stereocenters. The molecule has 3 heteroatoms. The van der Waals surface area contributed by atoms with Crippen molar-refractivity contribution in [1.29, 1.82) is 0 Å². The van der Waals surface area contributed by atoms with Gasteiger partial charge in [-0.1, -0.05) is 45.4 Å². The van der Waals surface area contributed by atoms with Crippen molar-refractivity contribution in [2.75, 3.05) is 6.54 Å². The Morgan fingerprint density at radius 2 is 1.89 bits per heavy atom. The number of rotatable bonds is 7. The molecule has 0 fully saturated rings. The van der Waals surface area contributed by atoms with Crippen LogP contribution in [0.25, 0.3) is 0 Å². The van der Waals surface area contributed by atoms with Crippen LogP contribution in [0.3, 0.4) is 0 Å². The first-order valence-corrected chi connectivity index (χ1v) is 8.41. The van der Waals surface area contributed by atoms with Crippen molar-refractivity contribution in [3.63, 3.8) is 0 Å². The normalized spacial score (nSPS) is 14.7. The van der Waals surface area contributed by atoms with Crippen molar-refractivity contribution in [2.45, 2.75) is 57.2 Å². The van der Waals surface area contributed by atoms with E-state index in [1.165, 1.54) is 10.5 Å². The number of nitrogens with one attached hydrogen (secondary N) is 1. The summed E-state index contributed by atoms with van der Waals surface area (Å²) in [5.74, 6) is 0.675. The number of hydrogen-bond acceptors (Lipinski definition) is 2. The molecule has 0 saturated carbocycles. The summed E-state index contributed by atoms with van der Waals surface area (Å²) in [4.78, 5) is 1.26. The zero-order valence-corrected chi connectivity index (χ0v) is 14.2. The quantitative estimate of drug-likeness (QED) is 0.664. The van der Waals surface area contributed by atoms with Crippen LogP contribution in [0, 0.1) is 5.92 Å². The first-order valence-electron chi connectivity index (χ1n) is 7.15. The molecule has 0 aliphatic rings. The highest BCUT2D eigenvalue weighted by Gasteiger charge is 2.12. The van der Waals surface area contributed by atoms with Crippen LogP contribution in [-0.4, -0.2) is 11.8 Å². The van der Waals surface area contributed by atoms with E-state index < -0.39 is 0 Å². The summed E-state index contributed by atoms with van der Waals surface area (Å²) in [6, 6.07) is 6.76. The fraction of sp³-hybridized carbons (Fsp3) is 0.625. The summed E-state index contributed by atoms with van der Waals surface area (Å²) in [5.41, 5.74) is 1.19. The van der Waals surface area contributed by atoms with Gasteiger partial charge in [0.15, 0.2) is 0 Å². The molecule has 0 heterocycles. The van der Waals surface area contributed by atoms with Crippen LogP contribution in [-0.2, 0) is 0 Å². The minimum absolute atomic E-state index is 0.314. The number of benzene rings is 1. The summed E-state index contributed by atoms with van der Waals surface area (Å²) in [6.07, 6.45) is 1.14. The maximum Gasteiger partial charge on any atom is 0.0464 e. The number of thioether (sulfide) groups is 1. The van der Waals surface area contributed by atoms with Crippen LogP contribution in [0.5, 0.6) is 0 Å². The molecule has 0 bridgehead atoms. The first kappa shape index (κ1) is 16.9. The Hall–Kier alpha value is -0.180. The van der Waals surface area contributed by atoms with Crippen LogP contribution in [0.1, 0.15) is 52.6 Å². The second kappa shape index (κ2) is 8.18. The van der Waals surface area contributed by atoms with E-state index in [9.17, 15) is 0 Å². The van der Waals surface area contributed by atoms with Crippen LogP contribution in [0.4, 0.5) is 0 Å². The summed E-state index contributed by atoms with van der Waals surface area (Å²) in [5, 5.41) is 4.96. The van der Waals surface area contributed by atoms with E-state index in [4.69, 9.17) is 11.6 Å². The Balaban J connectivity index is 2.74. The minimum Gasteiger partial charge on any atom is -0.310 e. The maximum absolute atomic E-state index is 6.41. The van der Waals surface area contributed by atoms with E-state index in [1.54, 1.807) is 0 Å². The molecule has 108 valence electrons. The number of halogens is 1. The van der Waals surface area contributed by atoms with E-state index >= 15 is 0 Å². The van der Waals surface area contributed by atoms with Crippen molar-refractivity contribution in [3.05, 3.63) is 28.8 Å². The lowest BCUT2D eigenvalue weighted by atomic mass is 10.1. The van der Waals surface area contributed by atoms with Gasteiger partial charge in [-0.2, -0.15) is 0 Å². The number of hydrogen-bond donors (Lipinski definition) is 1. The molecule has 1 aromatic rings. The van der Waals surface area contributed by atoms with Gasteiger partial charge in [0, 0.05) is 21.2 Å². The summed E-state index contributed by atoms with van der Waals surface area (Å²) < 4.78 is 0. The monoisotopic (exact) mass is 299 g/mol. The lowest BCUT2D eigenvalue weighted by Crippen LogP contribution is -2.19. The second-order valence-corrected chi connectivity index (χ2v) is 7.28.